The van der Waals surface area contributed by atoms with Gasteiger partial charge in [0.2, 0.25) is 0 Å². The van der Waals surface area contributed by atoms with Gasteiger partial charge in [0.1, 0.15) is 6.33 Å². The molecule has 0 saturated carbocycles. The highest BCUT2D eigenvalue weighted by Crippen LogP contribution is 2.33. The number of allylic oxidation sites excluding steroid dienone is 3. The molecule has 1 aliphatic rings. The Morgan fingerprint density at radius 3 is 2.70 bits per heavy atom. The number of rotatable bonds is 5. The zero-order valence-electron chi connectivity index (χ0n) is 14.4. The van der Waals surface area contributed by atoms with Crippen molar-refractivity contribution in [2.24, 2.45) is 0 Å². The normalized spacial score (nSPS) is 14.6. The number of aryl methyl sites for hydroxylation is 1. The average Bonchev–Trinajstić information content (AvgIpc) is 3.10. The fourth-order valence-corrected chi connectivity index (χ4v) is 2.57. The van der Waals surface area contributed by atoms with Crippen molar-refractivity contribution in [1.29, 1.82) is 0 Å². The fourth-order valence-electron chi connectivity index (χ4n) is 2.57. The van der Waals surface area contributed by atoms with Crippen molar-refractivity contribution >= 4 is 6.20 Å². The summed E-state index contributed by atoms with van der Waals surface area (Å²) in [5, 5.41) is 4.22. The molecule has 1 aromatic carbocycles. The molecule has 2 heterocycles. The van der Waals surface area contributed by atoms with Gasteiger partial charge in [-0.2, -0.15) is 13.2 Å². The standard InChI is InChI=1S/C18H17F4N5/c1-12(14-3-5-24-25-9-14)10-27-11-23-17(26-27)15-6-13(2-4-19)7-16(8-15)18(20,21)22/h3,5-11,24-25H,2,4H2,1H3/b12-10+. The molecule has 1 aliphatic heterocycles. The second-order valence-corrected chi connectivity index (χ2v) is 5.94. The topological polar surface area (TPSA) is 54.8 Å². The average molecular weight is 379 g/mol. The van der Waals surface area contributed by atoms with Crippen LogP contribution in [-0.4, -0.2) is 21.4 Å². The van der Waals surface area contributed by atoms with Crippen LogP contribution >= 0.6 is 0 Å². The molecule has 2 N–H and O–H groups in total. The molecule has 0 radical (unpaired) electrons. The van der Waals surface area contributed by atoms with E-state index in [0.29, 0.717) is 0 Å². The van der Waals surface area contributed by atoms with Crippen LogP contribution in [0.4, 0.5) is 17.6 Å². The molecule has 3 rings (SSSR count). The molecule has 0 saturated heterocycles. The highest BCUT2D eigenvalue weighted by Gasteiger charge is 2.31. The van der Waals surface area contributed by atoms with Gasteiger partial charge in [0.05, 0.1) is 12.2 Å². The molecule has 0 spiro atoms. The maximum Gasteiger partial charge on any atom is 0.416 e. The molecule has 0 fully saturated rings. The Kier molecular flexibility index (Phi) is 5.29. The molecule has 0 aliphatic carbocycles. The summed E-state index contributed by atoms with van der Waals surface area (Å²) in [6, 6.07) is 3.40. The van der Waals surface area contributed by atoms with Gasteiger partial charge in [0, 0.05) is 30.6 Å². The predicted molar refractivity (Wildman–Crippen MR) is 93.6 cm³/mol. The van der Waals surface area contributed by atoms with E-state index in [9.17, 15) is 17.6 Å². The third-order valence-corrected chi connectivity index (χ3v) is 3.91. The first-order chi connectivity index (χ1) is 12.9. The number of hydrogen-bond acceptors (Lipinski definition) is 4. The van der Waals surface area contributed by atoms with Gasteiger partial charge in [-0.3, -0.25) is 4.39 Å². The minimum atomic E-state index is -4.53. The van der Waals surface area contributed by atoms with Crippen LogP contribution in [0.15, 0.2) is 54.1 Å². The Balaban J connectivity index is 1.92. The van der Waals surface area contributed by atoms with Gasteiger partial charge in [-0.05, 0) is 47.9 Å². The largest absolute Gasteiger partial charge is 0.416 e. The van der Waals surface area contributed by atoms with Crippen molar-refractivity contribution in [3.8, 4) is 11.4 Å². The molecule has 9 heteroatoms. The Labute approximate surface area is 153 Å². The van der Waals surface area contributed by atoms with E-state index in [1.54, 1.807) is 18.6 Å². The van der Waals surface area contributed by atoms with Gasteiger partial charge in [0.15, 0.2) is 5.82 Å². The zero-order chi connectivity index (χ0) is 19.4. The number of nitrogens with one attached hydrogen (secondary N) is 2. The van der Waals surface area contributed by atoms with Gasteiger partial charge in [-0.1, -0.05) is 0 Å². The molecule has 5 nitrogen and oxygen atoms in total. The summed E-state index contributed by atoms with van der Waals surface area (Å²) in [6.07, 6.45) is 3.84. The highest BCUT2D eigenvalue weighted by molar-refractivity contribution is 5.58. The summed E-state index contributed by atoms with van der Waals surface area (Å²) in [7, 11) is 0. The Morgan fingerprint density at radius 2 is 2.04 bits per heavy atom. The Morgan fingerprint density at radius 1 is 1.22 bits per heavy atom. The predicted octanol–water partition coefficient (Wildman–Crippen LogP) is 3.84. The van der Waals surface area contributed by atoms with E-state index >= 15 is 0 Å². The van der Waals surface area contributed by atoms with Gasteiger partial charge >= 0.3 is 6.18 Å². The summed E-state index contributed by atoms with van der Waals surface area (Å²) in [6.45, 7) is 1.13. The van der Waals surface area contributed by atoms with Crippen LogP contribution in [0, 0.1) is 0 Å². The summed E-state index contributed by atoms with van der Waals surface area (Å²) >= 11 is 0. The molecule has 1 aromatic heterocycles. The van der Waals surface area contributed by atoms with Crippen molar-refractivity contribution in [3.63, 3.8) is 0 Å². The lowest BCUT2D eigenvalue weighted by Gasteiger charge is -2.10. The molecule has 0 bridgehead atoms. The number of benzene rings is 1. The number of nitrogens with zero attached hydrogens (tertiary/aromatic N) is 3. The first kappa shape index (κ1) is 18.7. The molecule has 142 valence electrons. The van der Waals surface area contributed by atoms with Crippen molar-refractivity contribution in [3.05, 3.63) is 65.3 Å². The van der Waals surface area contributed by atoms with E-state index in [0.717, 1.165) is 23.3 Å². The molecule has 0 amide bonds. The maximum atomic E-state index is 13.1. The summed E-state index contributed by atoms with van der Waals surface area (Å²) in [4.78, 5) is 4.09. The lowest BCUT2D eigenvalue weighted by Crippen LogP contribution is -2.23. The van der Waals surface area contributed by atoms with E-state index in [4.69, 9.17) is 0 Å². The Hall–Kier alpha value is -3.10. The second-order valence-electron chi connectivity index (χ2n) is 5.94. The van der Waals surface area contributed by atoms with Gasteiger partial charge < -0.3 is 10.9 Å². The number of aromatic nitrogens is 3. The number of hydrazine groups is 1. The molecule has 27 heavy (non-hydrogen) atoms. The van der Waals surface area contributed by atoms with E-state index in [1.165, 1.54) is 17.1 Å². The zero-order valence-corrected chi connectivity index (χ0v) is 14.4. The van der Waals surface area contributed by atoms with E-state index in [1.807, 2.05) is 13.0 Å². The van der Waals surface area contributed by atoms with Crippen molar-refractivity contribution in [2.75, 3.05) is 6.67 Å². The van der Waals surface area contributed by atoms with Crippen molar-refractivity contribution in [2.45, 2.75) is 19.5 Å². The number of halogens is 4. The monoisotopic (exact) mass is 379 g/mol. The molecule has 0 atom stereocenters. The van der Waals surface area contributed by atoms with E-state index in [-0.39, 0.29) is 23.4 Å². The first-order valence-electron chi connectivity index (χ1n) is 8.12. The first-order valence-corrected chi connectivity index (χ1v) is 8.12. The summed E-state index contributed by atoms with van der Waals surface area (Å²) in [5.41, 5.74) is 7.04. The molecule has 0 unspecified atom stereocenters. The molecular formula is C18H17F4N5. The third-order valence-electron chi connectivity index (χ3n) is 3.91. The minimum absolute atomic E-state index is 0.0990. The van der Waals surface area contributed by atoms with Crippen molar-refractivity contribution in [1.82, 2.24) is 25.6 Å². The van der Waals surface area contributed by atoms with Crippen LogP contribution in [-0.2, 0) is 12.6 Å². The van der Waals surface area contributed by atoms with Gasteiger partial charge in [-0.15, -0.1) is 5.10 Å². The van der Waals surface area contributed by atoms with Gasteiger partial charge in [-0.25, -0.2) is 9.67 Å². The number of alkyl halides is 4. The quantitative estimate of drug-likeness (QED) is 0.775. The van der Waals surface area contributed by atoms with Crippen LogP contribution < -0.4 is 10.9 Å². The SMILES string of the molecule is C/C(=C\n1cnc(-c2cc(CCF)cc(C(F)(F)F)c2)n1)C1=CNNC=C1. The lowest BCUT2D eigenvalue weighted by molar-refractivity contribution is -0.137. The Bertz CT molecular complexity index is 909. The fraction of sp³-hybridized carbons (Fsp3) is 0.222. The van der Waals surface area contributed by atoms with Crippen LogP contribution in [0.25, 0.3) is 17.6 Å². The van der Waals surface area contributed by atoms with Crippen LogP contribution in [0.5, 0.6) is 0 Å². The number of hydrogen-bond donors (Lipinski definition) is 2. The minimum Gasteiger partial charge on any atom is -0.309 e. The van der Waals surface area contributed by atoms with Crippen LogP contribution in [0.3, 0.4) is 0 Å². The van der Waals surface area contributed by atoms with Gasteiger partial charge in [0.25, 0.3) is 0 Å². The van der Waals surface area contributed by atoms with E-state index in [2.05, 4.69) is 20.9 Å². The summed E-state index contributed by atoms with van der Waals surface area (Å²) < 4.78 is 53.4. The van der Waals surface area contributed by atoms with Crippen molar-refractivity contribution < 1.29 is 17.6 Å². The summed E-state index contributed by atoms with van der Waals surface area (Å²) in [5.74, 6) is 0.137. The second kappa shape index (κ2) is 7.65. The maximum absolute atomic E-state index is 13.1. The molecule has 2 aromatic rings. The van der Waals surface area contributed by atoms with Crippen LogP contribution in [0.1, 0.15) is 18.1 Å². The van der Waals surface area contributed by atoms with E-state index < -0.39 is 18.4 Å². The smallest absolute Gasteiger partial charge is 0.309 e. The highest BCUT2D eigenvalue weighted by atomic mass is 19.4. The molecular weight excluding hydrogens is 362 g/mol. The lowest BCUT2D eigenvalue weighted by atomic mass is 10.0. The third kappa shape index (κ3) is 4.55. The van der Waals surface area contributed by atoms with Crippen LogP contribution in [0.2, 0.25) is 0 Å².